The van der Waals surface area contributed by atoms with E-state index in [9.17, 15) is 0 Å². The number of rotatable bonds is 4. The van der Waals surface area contributed by atoms with Crippen molar-refractivity contribution in [1.82, 2.24) is 15.1 Å². The van der Waals surface area contributed by atoms with E-state index in [0.29, 0.717) is 11.5 Å². The number of hydrogen-bond donors (Lipinski definition) is 1. The fourth-order valence-electron chi connectivity index (χ4n) is 6.12. The van der Waals surface area contributed by atoms with Crippen LogP contribution in [0.5, 0.6) is 0 Å². The van der Waals surface area contributed by atoms with Crippen LogP contribution < -0.4 is 5.32 Å². The van der Waals surface area contributed by atoms with Crippen molar-refractivity contribution >= 4 is 0 Å². The van der Waals surface area contributed by atoms with E-state index in [1.54, 1.807) is 0 Å². The van der Waals surface area contributed by atoms with Crippen molar-refractivity contribution in [3.8, 4) is 0 Å². The van der Waals surface area contributed by atoms with Gasteiger partial charge in [-0.3, -0.25) is 9.80 Å². The van der Waals surface area contributed by atoms with E-state index in [4.69, 9.17) is 0 Å². The van der Waals surface area contributed by atoms with Crippen molar-refractivity contribution in [3.05, 3.63) is 71.8 Å². The fourth-order valence-corrected chi connectivity index (χ4v) is 6.12. The quantitative estimate of drug-likeness (QED) is 0.596. The predicted octanol–water partition coefficient (Wildman–Crippen LogP) is 6.10. The summed E-state index contributed by atoms with van der Waals surface area (Å²) in [5, 5.41) is 3.60. The van der Waals surface area contributed by atoms with Crippen LogP contribution in [0.4, 0.5) is 0 Å². The van der Waals surface area contributed by atoms with E-state index in [0.717, 1.165) is 24.5 Å². The van der Waals surface area contributed by atoms with Crippen LogP contribution in [0.3, 0.4) is 0 Å². The van der Waals surface area contributed by atoms with Crippen molar-refractivity contribution in [1.29, 1.82) is 0 Å². The maximum atomic E-state index is 3.60. The molecule has 2 saturated carbocycles. The molecule has 4 fully saturated rings. The van der Waals surface area contributed by atoms with E-state index < -0.39 is 0 Å². The minimum atomic E-state index is 0.550. The molecule has 2 aliphatic heterocycles. The third-order valence-corrected chi connectivity index (χ3v) is 8.80. The highest BCUT2D eigenvalue weighted by molar-refractivity contribution is 5.17. The van der Waals surface area contributed by atoms with Gasteiger partial charge in [-0.1, -0.05) is 67.1 Å². The molecule has 0 aromatic heterocycles. The van der Waals surface area contributed by atoms with Crippen LogP contribution in [0, 0.1) is 10.8 Å². The van der Waals surface area contributed by atoms with Crippen LogP contribution in [0.25, 0.3) is 0 Å². The summed E-state index contributed by atoms with van der Waals surface area (Å²) in [4.78, 5) is 5.41. The van der Waals surface area contributed by atoms with E-state index in [1.165, 1.54) is 82.3 Å². The van der Waals surface area contributed by atoms with Crippen molar-refractivity contribution < 1.29 is 0 Å². The molecule has 2 aliphatic carbocycles. The first-order valence-corrected chi connectivity index (χ1v) is 13.8. The Morgan fingerprint density at radius 1 is 0.765 bits per heavy atom. The SMILES string of the molecule is CC1CCCC2(CC2)CN1.CC1CN(Cc2ccccc2)CC2(CC2)CN1Cc1ccccc1. The highest BCUT2D eigenvalue weighted by Crippen LogP contribution is 2.50. The Balaban J connectivity index is 0.000000200. The van der Waals surface area contributed by atoms with Gasteiger partial charge in [0.2, 0.25) is 0 Å². The summed E-state index contributed by atoms with van der Waals surface area (Å²) in [6, 6.07) is 23.3. The zero-order chi connectivity index (χ0) is 23.4. The molecule has 4 aliphatic rings. The predicted molar refractivity (Wildman–Crippen MR) is 143 cm³/mol. The average molecular weight is 460 g/mol. The lowest BCUT2D eigenvalue weighted by Crippen LogP contribution is -2.38. The number of nitrogens with one attached hydrogen (secondary N) is 1. The maximum Gasteiger partial charge on any atom is 0.0237 e. The molecule has 0 radical (unpaired) electrons. The van der Waals surface area contributed by atoms with Gasteiger partial charge in [0.15, 0.2) is 0 Å². The molecule has 3 nitrogen and oxygen atoms in total. The monoisotopic (exact) mass is 459 g/mol. The molecule has 0 bridgehead atoms. The van der Waals surface area contributed by atoms with Crippen LogP contribution in [-0.4, -0.2) is 48.1 Å². The van der Waals surface area contributed by atoms with E-state index in [-0.39, 0.29) is 0 Å². The summed E-state index contributed by atoms with van der Waals surface area (Å²) in [7, 11) is 0. The number of hydrogen-bond acceptors (Lipinski definition) is 3. The third-order valence-electron chi connectivity index (χ3n) is 8.80. The van der Waals surface area contributed by atoms with Crippen LogP contribution >= 0.6 is 0 Å². The molecule has 6 rings (SSSR count). The molecule has 1 N–H and O–H groups in total. The van der Waals surface area contributed by atoms with Gasteiger partial charge in [-0.2, -0.15) is 0 Å². The second-order valence-corrected chi connectivity index (χ2v) is 12.1. The molecule has 184 valence electrons. The second-order valence-electron chi connectivity index (χ2n) is 12.1. The summed E-state index contributed by atoms with van der Waals surface area (Å²) in [5.74, 6) is 0. The van der Waals surface area contributed by atoms with Gasteiger partial charge in [-0.15, -0.1) is 0 Å². The zero-order valence-corrected chi connectivity index (χ0v) is 21.5. The molecule has 2 saturated heterocycles. The van der Waals surface area contributed by atoms with Crippen LogP contribution in [0.1, 0.15) is 69.9 Å². The fraction of sp³-hybridized carbons (Fsp3) is 0.613. The van der Waals surface area contributed by atoms with Gasteiger partial charge >= 0.3 is 0 Å². The molecule has 2 heterocycles. The average Bonchev–Trinajstić information content (AvgIpc) is 3.77. The molecular formula is C31H45N3. The van der Waals surface area contributed by atoms with Crippen molar-refractivity contribution in [2.24, 2.45) is 10.8 Å². The van der Waals surface area contributed by atoms with Gasteiger partial charge < -0.3 is 5.32 Å². The second kappa shape index (κ2) is 10.5. The minimum absolute atomic E-state index is 0.550. The highest BCUT2D eigenvalue weighted by Gasteiger charge is 2.47. The Bertz CT molecular complexity index is 887. The van der Waals surface area contributed by atoms with Gasteiger partial charge in [0.05, 0.1) is 0 Å². The van der Waals surface area contributed by atoms with E-state index >= 15 is 0 Å². The maximum absolute atomic E-state index is 3.60. The van der Waals surface area contributed by atoms with Crippen LogP contribution in [0.15, 0.2) is 60.7 Å². The highest BCUT2D eigenvalue weighted by atomic mass is 15.3. The summed E-state index contributed by atoms with van der Waals surface area (Å²) in [6.45, 7) is 11.9. The Labute approximate surface area is 207 Å². The zero-order valence-electron chi connectivity index (χ0n) is 21.5. The minimum Gasteiger partial charge on any atom is -0.314 e. The lowest BCUT2D eigenvalue weighted by atomic mass is 10.0. The Morgan fingerprint density at radius 2 is 1.38 bits per heavy atom. The smallest absolute Gasteiger partial charge is 0.0237 e. The topological polar surface area (TPSA) is 18.5 Å². The summed E-state index contributed by atoms with van der Waals surface area (Å²) in [5.41, 5.74) is 4.22. The molecule has 34 heavy (non-hydrogen) atoms. The summed E-state index contributed by atoms with van der Waals surface area (Å²) < 4.78 is 0. The largest absolute Gasteiger partial charge is 0.314 e. The Morgan fingerprint density at radius 3 is 2.00 bits per heavy atom. The first kappa shape index (κ1) is 24.0. The molecule has 2 aromatic carbocycles. The Hall–Kier alpha value is -1.68. The summed E-state index contributed by atoms with van der Waals surface area (Å²) in [6.07, 6.45) is 10.1. The van der Waals surface area contributed by atoms with Gasteiger partial charge in [0.1, 0.15) is 0 Å². The number of nitrogens with zero attached hydrogens (tertiary/aromatic N) is 2. The molecule has 2 aromatic rings. The van der Waals surface area contributed by atoms with Crippen LogP contribution in [-0.2, 0) is 13.1 Å². The van der Waals surface area contributed by atoms with E-state index in [2.05, 4.69) is 89.6 Å². The van der Waals surface area contributed by atoms with E-state index in [1.807, 2.05) is 0 Å². The molecule has 2 spiro atoms. The van der Waals surface area contributed by atoms with Crippen molar-refractivity contribution in [2.45, 2.75) is 84.0 Å². The molecule has 2 atom stereocenters. The molecule has 3 heteroatoms. The first-order valence-electron chi connectivity index (χ1n) is 13.8. The van der Waals surface area contributed by atoms with Gasteiger partial charge in [-0.05, 0) is 74.3 Å². The van der Waals surface area contributed by atoms with Crippen molar-refractivity contribution in [3.63, 3.8) is 0 Å². The molecular weight excluding hydrogens is 414 g/mol. The lowest BCUT2D eigenvalue weighted by Gasteiger charge is -2.29. The van der Waals surface area contributed by atoms with Gasteiger partial charge in [-0.25, -0.2) is 0 Å². The van der Waals surface area contributed by atoms with Gasteiger partial charge in [0, 0.05) is 51.4 Å². The number of benzene rings is 2. The third kappa shape index (κ3) is 6.50. The normalized spacial score (nSPS) is 27.9. The van der Waals surface area contributed by atoms with Gasteiger partial charge in [0.25, 0.3) is 0 Å². The molecule has 2 unspecified atom stereocenters. The Kier molecular flexibility index (Phi) is 7.44. The van der Waals surface area contributed by atoms with Crippen LogP contribution in [0.2, 0.25) is 0 Å². The summed E-state index contributed by atoms with van der Waals surface area (Å²) >= 11 is 0. The van der Waals surface area contributed by atoms with Crippen molar-refractivity contribution in [2.75, 3.05) is 26.2 Å². The lowest BCUT2D eigenvalue weighted by molar-refractivity contribution is 0.176. The standard InChI is InChI=1S/C22H28N2.C9H17N/c1-19-14-23(15-20-8-4-2-5-9-20)17-22(12-13-22)18-24(19)16-21-10-6-3-7-11-21;1-8-3-2-4-9(5-6-9)7-10-8/h2-11,19H,12-18H2,1H3;8,10H,2-7H2,1H3. The first-order chi connectivity index (χ1) is 16.5. The molecule has 0 amide bonds.